The number of carbonyl (C=O) groups is 3. The van der Waals surface area contributed by atoms with Crippen molar-refractivity contribution < 1.29 is 19.1 Å². The van der Waals surface area contributed by atoms with Gasteiger partial charge in [-0.1, -0.05) is 25.5 Å². The Labute approximate surface area is 118 Å². The summed E-state index contributed by atoms with van der Waals surface area (Å²) in [5, 5.41) is 0. The predicted octanol–water partition coefficient (Wildman–Crippen LogP) is 1.63. The summed E-state index contributed by atoms with van der Waals surface area (Å²) in [5.74, 6) is -1.24. The molecule has 0 spiro atoms. The summed E-state index contributed by atoms with van der Waals surface area (Å²) in [4.78, 5) is 33.7. The molecule has 0 heterocycles. The van der Waals surface area contributed by atoms with E-state index < -0.39 is 5.91 Å². The van der Waals surface area contributed by atoms with Crippen LogP contribution in [0.3, 0.4) is 0 Å². The van der Waals surface area contributed by atoms with Gasteiger partial charge in [0.25, 0.3) is 0 Å². The van der Waals surface area contributed by atoms with Gasteiger partial charge in [-0.15, -0.1) is 0 Å². The predicted molar refractivity (Wildman–Crippen MR) is 74.2 cm³/mol. The average Bonchev–Trinajstić information content (AvgIpc) is 2.38. The fourth-order valence-corrected chi connectivity index (χ4v) is 1.64. The van der Waals surface area contributed by atoms with Crippen molar-refractivity contribution in [2.45, 2.75) is 32.6 Å². The number of esters is 1. The molecule has 0 fully saturated rings. The van der Waals surface area contributed by atoms with Gasteiger partial charge in [0.1, 0.15) is 5.78 Å². The lowest BCUT2D eigenvalue weighted by atomic mass is 10.1. The molecule has 1 aromatic rings. The molecular formula is C15H19NO4. The van der Waals surface area contributed by atoms with Gasteiger partial charge in [0.15, 0.2) is 0 Å². The molecule has 5 nitrogen and oxygen atoms in total. The molecule has 0 aliphatic carbocycles. The van der Waals surface area contributed by atoms with Crippen LogP contribution in [-0.4, -0.2) is 24.3 Å². The van der Waals surface area contributed by atoms with Crippen molar-refractivity contribution in [3.05, 3.63) is 35.4 Å². The average molecular weight is 277 g/mol. The number of amides is 1. The minimum Gasteiger partial charge on any atom is -0.462 e. The molecule has 0 atom stereocenters. The van der Waals surface area contributed by atoms with Crippen molar-refractivity contribution >= 4 is 17.7 Å². The summed E-state index contributed by atoms with van der Waals surface area (Å²) in [6.07, 6.45) is 1.68. The number of carbonyl (C=O) groups excluding carboxylic acids is 3. The van der Waals surface area contributed by atoms with Crippen LogP contribution in [0.2, 0.25) is 0 Å². The maximum absolute atomic E-state index is 11.6. The minimum atomic E-state index is -0.633. The number of hydrogen-bond acceptors (Lipinski definition) is 4. The van der Waals surface area contributed by atoms with Crippen molar-refractivity contribution in [3.8, 4) is 0 Å². The van der Waals surface area contributed by atoms with Crippen LogP contribution in [0.15, 0.2) is 24.3 Å². The molecule has 1 aromatic carbocycles. The normalized spacial score (nSPS) is 10.1. The monoisotopic (exact) mass is 277 g/mol. The maximum Gasteiger partial charge on any atom is 0.338 e. The molecule has 1 amide bonds. The van der Waals surface area contributed by atoms with Crippen LogP contribution in [0.5, 0.6) is 0 Å². The molecule has 0 saturated heterocycles. The number of benzene rings is 1. The lowest BCUT2D eigenvalue weighted by Crippen LogP contribution is -2.17. The van der Waals surface area contributed by atoms with E-state index in [2.05, 4.69) is 0 Å². The summed E-state index contributed by atoms with van der Waals surface area (Å²) in [5.41, 5.74) is 6.14. The number of nitrogens with two attached hydrogens (primary N) is 1. The van der Waals surface area contributed by atoms with Crippen LogP contribution in [0.25, 0.3) is 0 Å². The second kappa shape index (κ2) is 8.09. The molecule has 1 rings (SSSR count). The van der Waals surface area contributed by atoms with Crippen LogP contribution in [0.4, 0.5) is 0 Å². The maximum atomic E-state index is 11.6. The van der Waals surface area contributed by atoms with E-state index in [9.17, 15) is 14.4 Å². The van der Waals surface area contributed by atoms with Gasteiger partial charge in [0.05, 0.1) is 18.6 Å². The highest BCUT2D eigenvalue weighted by Crippen LogP contribution is 2.08. The number of primary amides is 1. The first kappa shape index (κ1) is 15.9. The zero-order valence-electron chi connectivity index (χ0n) is 11.6. The van der Waals surface area contributed by atoms with Crippen LogP contribution in [0, 0.1) is 0 Å². The van der Waals surface area contributed by atoms with Crippen molar-refractivity contribution in [2.75, 3.05) is 6.61 Å². The van der Waals surface area contributed by atoms with Gasteiger partial charge in [-0.2, -0.15) is 0 Å². The number of hydrogen-bond donors (Lipinski definition) is 1. The third kappa shape index (κ3) is 5.65. The summed E-state index contributed by atoms with van der Waals surface area (Å²) >= 11 is 0. The number of unbranched alkanes of at least 4 members (excludes halogenated alkanes) is 1. The summed E-state index contributed by atoms with van der Waals surface area (Å²) in [6, 6.07) is 6.58. The van der Waals surface area contributed by atoms with E-state index in [1.807, 2.05) is 6.92 Å². The van der Waals surface area contributed by atoms with E-state index >= 15 is 0 Å². The zero-order chi connectivity index (χ0) is 15.0. The van der Waals surface area contributed by atoms with Crippen molar-refractivity contribution in [1.82, 2.24) is 0 Å². The van der Waals surface area contributed by atoms with Gasteiger partial charge >= 0.3 is 5.97 Å². The molecule has 20 heavy (non-hydrogen) atoms. The number of ketones is 1. The Hall–Kier alpha value is -2.17. The Morgan fingerprint density at radius 2 is 1.80 bits per heavy atom. The molecule has 0 bridgehead atoms. The fraction of sp³-hybridized carbons (Fsp3) is 0.400. The second-order valence-corrected chi connectivity index (χ2v) is 4.54. The Morgan fingerprint density at radius 3 is 2.35 bits per heavy atom. The Balaban J connectivity index is 2.53. The van der Waals surface area contributed by atoms with Gasteiger partial charge in [-0.05, 0) is 24.1 Å². The van der Waals surface area contributed by atoms with E-state index in [1.54, 1.807) is 24.3 Å². The Morgan fingerprint density at radius 1 is 1.15 bits per heavy atom. The molecule has 2 N–H and O–H groups in total. The molecule has 0 aromatic heterocycles. The molecular weight excluding hydrogens is 258 g/mol. The van der Waals surface area contributed by atoms with E-state index in [0.717, 1.165) is 18.4 Å². The van der Waals surface area contributed by atoms with E-state index in [-0.39, 0.29) is 24.6 Å². The second-order valence-electron chi connectivity index (χ2n) is 4.54. The third-order valence-electron chi connectivity index (χ3n) is 2.69. The van der Waals surface area contributed by atoms with Crippen LogP contribution < -0.4 is 5.73 Å². The van der Waals surface area contributed by atoms with Gasteiger partial charge in [-0.25, -0.2) is 4.79 Å². The Kier molecular flexibility index (Phi) is 6.43. The summed E-state index contributed by atoms with van der Waals surface area (Å²) < 4.78 is 5.08. The summed E-state index contributed by atoms with van der Waals surface area (Å²) in [6.45, 7) is 2.43. The van der Waals surface area contributed by atoms with E-state index in [4.69, 9.17) is 10.5 Å². The first-order valence-corrected chi connectivity index (χ1v) is 6.59. The summed E-state index contributed by atoms with van der Waals surface area (Å²) in [7, 11) is 0. The third-order valence-corrected chi connectivity index (χ3v) is 2.69. The van der Waals surface area contributed by atoms with E-state index in [1.165, 1.54) is 0 Å². The first-order chi connectivity index (χ1) is 9.52. The first-order valence-electron chi connectivity index (χ1n) is 6.59. The smallest absolute Gasteiger partial charge is 0.338 e. The van der Waals surface area contributed by atoms with Gasteiger partial charge < -0.3 is 10.5 Å². The molecule has 0 unspecified atom stereocenters. The van der Waals surface area contributed by atoms with Gasteiger partial charge in [0.2, 0.25) is 5.91 Å². The molecule has 5 heteroatoms. The number of rotatable bonds is 8. The quantitative estimate of drug-likeness (QED) is 0.444. The highest BCUT2D eigenvalue weighted by Gasteiger charge is 2.09. The molecule has 0 aliphatic heterocycles. The number of Topliss-reactive ketones (excluding diaryl/α,β-unsaturated/α-hetero) is 1. The molecule has 0 aliphatic rings. The standard InChI is InChI=1S/C15H19NO4/c1-2-3-8-20-15(19)12-6-4-11(5-7-12)9-13(17)10-14(16)18/h4-7H,2-3,8-10H2,1H3,(H2,16,18). The SMILES string of the molecule is CCCCOC(=O)c1ccc(CC(=O)CC(N)=O)cc1. The topological polar surface area (TPSA) is 86.5 Å². The molecule has 108 valence electrons. The van der Waals surface area contributed by atoms with Crippen molar-refractivity contribution in [2.24, 2.45) is 5.73 Å². The van der Waals surface area contributed by atoms with Gasteiger partial charge in [-0.3, -0.25) is 9.59 Å². The fourth-order valence-electron chi connectivity index (χ4n) is 1.64. The number of ether oxygens (including phenoxy) is 1. The lowest BCUT2D eigenvalue weighted by Gasteiger charge is -2.05. The van der Waals surface area contributed by atoms with Crippen LogP contribution in [0.1, 0.15) is 42.1 Å². The molecule has 0 saturated carbocycles. The highest BCUT2D eigenvalue weighted by molar-refractivity contribution is 5.98. The van der Waals surface area contributed by atoms with Gasteiger partial charge in [0, 0.05) is 6.42 Å². The minimum absolute atomic E-state index is 0.133. The Bertz CT molecular complexity index is 479. The van der Waals surface area contributed by atoms with Crippen molar-refractivity contribution in [1.29, 1.82) is 0 Å². The lowest BCUT2D eigenvalue weighted by molar-refractivity contribution is -0.126. The molecule has 0 radical (unpaired) electrons. The zero-order valence-corrected chi connectivity index (χ0v) is 11.6. The van der Waals surface area contributed by atoms with Crippen LogP contribution >= 0.6 is 0 Å². The van der Waals surface area contributed by atoms with Crippen molar-refractivity contribution in [3.63, 3.8) is 0 Å². The highest BCUT2D eigenvalue weighted by atomic mass is 16.5. The van der Waals surface area contributed by atoms with E-state index in [0.29, 0.717) is 12.2 Å². The largest absolute Gasteiger partial charge is 0.462 e. The van der Waals surface area contributed by atoms with Crippen LogP contribution in [-0.2, 0) is 20.7 Å².